The molecule has 0 atom stereocenters. The summed E-state index contributed by atoms with van der Waals surface area (Å²) >= 11 is 6.06. The molecule has 1 saturated heterocycles. The Morgan fingerprint density at radius 2 is 1.88 bits per heavy atom. The number of nitrogens with one attached hydrogen (secondary N) is 1. The summed E-state index contributed by atoms with van der Waals surface area (Å²) < 4.78 is 40.3. The first-order valence-corrected chi connectivity index (χ1v) is 10.9. The van der Waals surface area contributed by atoms with E-state index in [1.54, 1.807) is 0 Å². The number of carbonyl (C=O) groups excluding carboxylic acids is 1. The molecular formula is C23H23ClF3N5O. The van der Waals surface area contributed by atoms with Crippen LogP contribution in [0.1, 0.15) is 29.8 Å². The highest BCUT2D eigenvalue weighted by atomic mass is 35.5. The van der Waals surface area contributed by atoms with Crippen molar-refractivity contribution in [3.8, 4) is 5.69 Å². The molecule has 174 valence electrons. The lowest BCUT2D eigenvalue weighted by atomic mass is 9.95. The molecule has 0 aliphatic carbocycles. The highest BCUT2D eigenvalue weighted by Crippen LogP contribution is 2.34. The van der Waals surface area contributed by atoms with Gasteiger partial charge in [-0.05, 0) is 57.0 Å². The number of aromatic nitrogens is 3. The van der Waals surface area contributed by atoms with Crippen LogP contribution in [0.2, 0.25) is 5.02 Å². The first-order valence-electron chi connectivity index (χ1n) is 10.5. The second kappa shape index (κ2) is 9.05. The molecule has 1 aliphatic rings. The molecule has 1 amide bonds. The van der Waals surface area contributed by atoms with Gasteiger partial charge in [-0.1, -0.05) is 17.7 Å². The van der Waals surface area contributed by atoms with Gasteiger partial charge in [0.05, 0.1) is 22.0 Å². The largest absolute Gasteiger partial charge is 0.417 e. The van der Waals surface area contributed by atoms with Crippen LogP contribution >= 0.6 is 11.6 Å². The van der Waals surface area contributed by atoms with Crippen LogP contribution < -0.4 is 10.2 Å². The van der Waals surface area contributed by atoms with Crippen molar-refractivity contribution in [2.45, 2.75) is 32.9 Å². The number of aryl methyl sites for hydroxylation is 2. The predicted molar refractivity (Wildman–Crippen MR) is 121 cm³/mol. The summed E-state index contributed by atoms with van der Waals surface area (Å²) in [5.41, 5.74) is 2.57. The Bertz CT molecular complexity index is 1170. The third kappa shape index (κ3) is 5.13. The quantitative estimate of drug-likeness (QED) is 0.545. The third-order valence-electron chi connectivity index (χ3n) is 5.68. The van der Waals surface area contributed by atoms with Crippen LogP contribution in [0.15, 0.2) is 42.6 Å². The van der Waals surface area contributed by atoms with E-state index in [0.29, 0.717) is 37.4 Å². The van der Waals surface area contributed by atoms with E-state index in [1.807, 2.05) is 53.8 Å². The molecule has 0 spiro atoms. The lowest BCUT2D eigenvalue weighted by Gasteiger charge is -2.32. The summed E-state index contributed by atoms with van der Waals surface area (Å²) in [4.78, 5) is 18.6. The zero-order chi connectivity index (χ0) is 23.8. The standard InChI is InChI=1S/C23H23ClF3N5O/c1-14-10-15(2)32(30-14)19-5-3-4-18(12-19)29-22(33)16-6-8-31(9-7-16)21-20(24)11-17(13-28-21)23(25,26)27/h3-5,10-13,16H,6-9H2,1-2H3,(H,29,33). The van der Waals surface area contributed by atoms with Gasteiger partial charge in [0.2, 0.25) is 5.91 Å². The number of nitrogens with zero attached hydrogens (tertiary/aromatic N) is 4. The van der Waals surface area contributed by atoms with Gasteiger partial charge < -0.3 is 10.2 Å². The van der Waals surface area contributed by atoms with Crippen LogP contribution in [0.5, 0.6) is 0 Å². The number of amides is 1. The Balaban J connectivity index is 1.38. The lowest BCUT2D eigenvalue weighted by molar-refractivity contribution is -0.137. The van der Waals surface area contributed by atoms with Crippen LogP contribution in [0, 0.1) is 19.8 Å². The minimum Gasteiger partial charge on any atom is -0.355 e. The van der Waals surface area contributed by atoms with Crippen molar-refractivity contribution in [2.24, 2.45) is 5.92 Å². The maximum atomic E-state index is 12.8. The number of carbonyl (C=O) groups is 1. The van der Waals surface area contributed by atoms with Crippen molar-refractivity contribution in [2.75, 3.05) is 23.3 Å². The normalized spacial score (nSPS) is 15.0. The minimum atomic E-state index is -4.49. The zero-order valence-electron chi connectivity index (χ0n) is 18.2. The van der Waals surface area contributed by atoms with Crippen molar-refractivity contribution in [1.82, 2.24) is 14.8 Å². The lowest BCUT2D eigenvalue weighted by Crippen LogP contribution is -2.38. The summed E-state index contributed by atoms with van der Waals surface area (Å²) in [6.07, 6.45) is -2.62. The average molecular weight is 478 g/mol. The topological polar surface area (TPSA) is 63.1 Å². The molecule has 4 rings (SSSR count). The average Bonchev–Trinajstić information content (AvgIpc) is 3.11. The molecule has 33 heavy (non-hydrogen) atoms. The summed E-state index contributed by atoms with van der Waals surface area (Å²) in [6, 6.07) is 10.4. The fourth-order valence-electron chi connectivity index (χ4n) is 4.02. The van der Waals surface area contributed by atoms with Crippen LogP contribution in [-0.4, -0.2) is 33.8 Å². The molecule has 0 unspecified atom stereocenters. The van der Waals surface area contributed by atoms with E-state index in [1.165, 1.54) is 0 Å². The first kappa shape index (κ1) is 23.1. The molecule has 10 heteroatoms. The second-order valence-corrected chi connectivity index (χ2v) is 8.57. The van der Waals surface area contributed by atoms with E-state index in [2.05, 4.69) is 15.4 Å². The van der Waals surface area contributed by atoms with Crippen LogP contribution in [0.4, 0.5) is 24.7 Å². The highest BCUT2D eigenvalue weighted by molar-refractivity contribution is 6.33. The number of hydrogen-bond donors (Lipinski definition) is 1. The van der Waals surface area contributed by atoms with Crippen molar-refractivity contribution in [1.29, 1.82) is 0 Å². The molecule has 1 N–H and O–H groups in total. The predicted octanol–water partition coefficient (Wildman–Crippen LogP) is 5.41. The maximum absolute atomic E-state index is 12.8. The number of alkyl halides is 3. The van der Waals surface area contributed by atoms with Gasteiger partial charge in [0.25, 0.3) is 0 Å². The van der Waals surface area contributed by atoms with E-state index in [4.69, 9.17) is 11.6 Å². The summed E-state index contributed by atoms with van der Waals surface area (Å²) in [6.45, 7) is 4.84. The molecule has 6 nitrogen and oxygen atoms in total. The Hall–Kier alpha value is -3.07. The molecule has 0 saturated carbocycles. The molecule has 0 bridgehead atoms. The first-order chi connectivity index (χ1) is 15.6. The number of halogens is 4. The minimum absolute atomic E-state index is 0.0475. The maximum Gasteiger partial charge on any atom is 0.417 e. The van der Waals surface area contributed by atoms with E-state index in [0.717, 1.165) is 29.3 Å². The molecular weight excluding hydrogens is 455 g/mol. The van der Waals surface area contributed by atoms with Gasteiger partial charge in [0, 0.05) is 36.6 Å². The van der Waals surface area contributed by atoms with Crippen LogP contribution in [0.25, 0.3) is 5.69 Å². The number of hydrogen-bond acceptors (Lipinski definition) is 4. The van der Waals surface area contributed by atoms with Gasteiger partial charge in [-0.3, -0.25) is 4.79 Å². The van der Waals surface area contributed by atoms with Crippen molar-refractivity contribution < 1.29 is 18.0 Å². The van der Waals surface area contributed by atoms with E-state index in [9.17, 15) is 18.0 Å². The molecule has 3 heterocycles. The number of rotatable bonds is 4. The third-order valence-corrected chi connectivity index (χ3v) is 5.96. The molecule has 3 aromatic rings. The van der Waals surface area contributed by atoms with E-state index >= 15 is 0 Å². The highest BCUT2D eigenvalue weighted by Gasteiger charge is 2.33. The number of pyridine rings is 1. The number of benzene rings is 1. The number of piperidine rings is 1. The molecule has 0 radical (unpaired) electrons. The molecule has 1 aliphatic heterocycles. The smallest absolute Gasteiger partial charge is 0.355 e. The van der Waals surface area contributed by atoms with Gasteiger partial charge in [-0.2, -0.15) is 18.3 Å². The second-order valence-electron chi connectivity index (χ2n) is 8.17. The Labute approximate surface area is 194 Å². The summed E-state index contributed by atoms with van der Waals surface area (Å²) in [5.74, 6) is -0.000399. The van der Waals surface area contributed by atoms with Gasteiger partial charge in [0.1, 0.15) is 5.82 Å². The van der Waals surface area contributed by atoms with Crippen LogP contribution in [-0.2, 0) is 11.0 Å². The fraction of sp³-hybridized carbons (Fsp3) is 0.348. The van der Waals surface area contributed by atoms with Crippen LogP contribution in [0.3, 0.4) is 0 Å². The van der Waals surface area contributed by atoms with Crippen molar-refractivity contribution >= 4 is 29.0 Å². The van der Waals surface area contributed by atoms with Gasteiger partial charge >= 0.3 is 6.18 Å². The van der Waals surface area contributed by atoms with Gasteiger partial charge in [-0.25, -0.2) is 9.67 Å². The molecule has 1 aromatic carbocycles. The van der Waals surface area contributed by atoms with E-state index < -0.39 is 11.7 Å². The number of anilines is 2. The van der Waals surface area contributed by atoms with Gasteiger partial charge in [0.15, 0.2) is 0 Å². The van der Waals surface area contributed by atoms with Gasteiger partial charge in [-0.15, -0.1) is 0 Å². The molecule has 1 fully saturated rings. The molecule has 2 aromatic heterocycles. The Kier molecular flexibility index (Phi) is 6.34. The van der Waals surface area contributed by atoms with Crippen molar-refractivity contribution in [3.05, 3.63) is 64.6 Å². The van der Waals surface area contributed by atoms with Crippen molar-refractivity contribution in [3.63, 3.8) is 0 Å². The summed E-state index contributed by atoms with van der Waals surface area (Å²) in [7, 11) is 0. The zero-order valence-corrected chi connectivity index (χ0v) is 18.9. The Morgan fingerprint density at radius 3 is 2.48 bits per heavy atom. The summed E-state index contributed by atoms with van der Waals surface area (Å²) in [5, 5.41) is 7.40. The SMILES string of the molecule is Cc1cc(C)n(-c2cccc(NC(=O)C3CCN(c4ncc(C(F)(F)F)cc4Cl)CC3)c2)n1. The van der Waals surface area contributed by atoms with E-state index in [-0.39, 0.29) is 16.8 Å². The Morgan fingerprint density at radius 1 is 1.15 bits per heavy atom. The monoisotopic (exact) mass is 477 g/mol. The fourth-order valence-corrected chi connectivity index (χ4v) is 4.31.